The lowest BCUT2D eigenvalue weighted by molar-refractivity contribution is 0.479. The van der Waals surface area contributed by atoms with Crippen molar-refractivity contribution in [2.45, 2.75) is 27.2 Å². The minimum Gasteiger partial charge on any atom is -0.456 e. The third-order valence-corrected chi connectivity index (χ3v) is 2.30. The lowest BCUT2D eigenvalue weighted by atomic mass is 10.2. The van der Waals surface area contributed by atoms with Gasteiger partial charge in [0.15, 0.2) is 0 Å². The Morgan fingerprint density at radius 1 is 1.11 bits per heavy atom. The molecule has 1 aromatic carbocycles. The quantitative estimate of drug-likeness (QED) is 0.894. The molecule has 1 aromatic heterocycles. The molecule has 1 N–H and O–H groups in total. The van der Waals surface area contributed by atoms with Gasteiger partial charge in [-0.05, 0) is 30.2 Å². The smallest absolute Gasteiger partial charge is 0.248 e. The Balaban J connectivity index is 0.000000771. The number of nitrogens with one attached hydrogen (secondary N) is 1. The van der Waals surface area contributed by atoms with Crippen LogP contribution >= 0.6 is 0 Å². The first-order chi connectivity index (χ1) is 8.78. The molecule has 18 heavy (non-hydrogen) atoms. The average molecular weight is 245 g/mol. The first-order valence-electron chi connectivity index (χ1n) is 6.23. The van der Waals surface area contributed by atoms with Gasteiger partial charge < -0.3 is 9.72 Å². The number of benzene rings is 1. The number of ether oxygens (including phenoxy) is 1. The Labute approximate surface area is 107 Å². The zero-order valence-electron chi connectivity index (χ0n) is 11.1. The summed E-state index contributed by atoms with van der Waals surface area (Å²) >= 11 is 0. The Morgan fingerprint density at radius 3 is 2.50 bits per heavy atom. The van der Waals surface area contributed by atoms with Gasteiger partial charge in [0.2, 0.25) is 5.56 Å². The Kier molecular flexibility index (Phi) is 5.71. The van der Waals surface area contributed by atoms with E-state index in [9.17, 15) is 4.79 Å². The molecule has 0 radical (unpaired) electrons. The normalized spacial score (nSPS) is 9.28. The highest BCUT2D eigenvalue weighted by Gasteiger charge is 1.97. The van der Waals surface area contributed by atoms with E-state index in [2.05, 4.69) is 18.0 Å². The number of rotatable bonds is 3. The van der Waals surface area contributed by atoms with Crippen LogP contribution in [-0.4, -0.2) is 4.98 Å². The first kappa shape index (κ1) is 14.0. The highest BCUT2D eigenvalue weighted by atomic mass is 16.5. The van der Waals surface area contributed by atoms with E-state index < -0.39 is 0 Å². The molecule has 3 nitrogen and oxygen atoms in total. The molecule has 2 rings (SSSR count). The van der Waals surface area contributed by atoms with Gasteiger partial charge in [0.05, 0.1) is 0 Å². The van der Waals surface area contributed by atoms with Crippen molar-refractivity contribution in [2.24, 2.45) is 0 Å². The molecule has 1 heterocycles. The number of hydrogen-bond acceptors (Lipinski definition) is 2. The molecule has 3 heteroatoms. The summed E-state index contributed by atoms with van der Waals surface area (Å²) in [7, 11) is 0. The van der Waals surface area contributed by atoms with Crippen molar-refractivity contribution in [1.82, 2.24) is 4.98 Å². The molecule has 0 unspecified atom stereocenters. The minimum absolute atomic E-state index is 0.130. The summed E-state index contributed by atoms with van der Waals surface area (Å²) in [6, 6.07) is 11.0. The van der Waals surface area contributed by atoms with Gasteiger partial charge in [0.1, 0.15) is 11.5 Å². The highest BCUT2D eigenvalue weighted by molar-refractivity contribution is 5.32. The fraction of sp³-hybridized carbons (Fsp3) is 0.267. The molecule has 0 aliphatic carbocycles. The highest BCUT2D eigenvalue weighted by Crippen LogP contribution is 2.20. The van der Waals surface area contributed by atoms with E-state index in [-0.39, 0.29) is 5.56 Å². The van der Waals surface area contributed by atoms with Crippen LogP contribution in [-0.2, 0) is 6.42 Å². The molecule has 0 fully saturated rings. The lowest BCUT2D eigenvalue weighted by Gasteiger charge is -2.06. The minimum atomic E-state index is -0.130. The summed E-state index contributed by atoms with van der Waals surface area (Å²) < 4.78 is 5.61. The Morgan fingerprint density at radius 2 is 1.89 bits per heavy atom. The fourth-order valence-electron chi connectivity index (χ4n) is 1.42. The molecule has 0 saturated heterocycles. The number of aromatic amines is 1. The maximum atomic E-state index is 10.9. The van der Waals surface area contributed by atoms with Crippen LogP contribution in [0.15, 0.2) is 47.4 Å². The van der Waals surface area contributed by atoms with E-state index >= 15 is 0 Å². The van der Waals surface area contributed by atoms with Gasteiger partial charge >= 0.3 is 0 Å². The Hall–Kier alpha value is -2.03. The second-order valence-electron chi connectivity index (χ2n) is 3.49. The largest absolute Gasteiger partial charge is 0.456 e. The third kappa shape index (κ3) is 4.09. The van der Waals surface area contributed by atoms with Gasteiger partial charge in [-0.3, -0.25) is 4.79 Å². The second-order valence-corrected chi connectivity index (χ2v) is 3.49. The molecule has 0 spiro atoms. The topological polar surface area (TPSA) is 42.1 Å². The van der Waals surface area contributed by atoms with E-state index in [0.29, 0.717) is 5.75 Å². The monoisotopic (exact) mass is 245 g/mol. The summed E-state index contributed by atoms with van der Waals surface area (Å²) in [5.74, 6) is 1.42. The molecule has 0 bridgehead atoms. The molecule has 0 atom stereocenters. The molecule has 96 valence electrons. The van der Waals surface area contributed by atoms with Crippen molar-refractivity contribution >= 4 is 0 Å². The SMILES string of the molecule is CC.CCc1cccc(Oc2ccc(=O)[nH]c2)c1. The number of aryl methyl sites for hydroxylation is 1. The van der Waals surface area contributed by atoms with Crippen LogP contribution < -0.4 is 10.3 Å². The molecular formula is C15H19NO2. The van der Waals surface area contributed by atoms with Crippen molar-refractivity contribution in [1.29, 1.82) is 0 Å². The molecule has 0 saturated carbocycles. The standard InChI is InChI=1S/C13H13NO2.C2H6/c1-2-10-4-3-5-11(8-10)16-12-6-7-13(15)14-9-12;1-2/h3-9H,2H2,1H3,(H,14,15);1-2H3. The van der Waals surface area contributed by atoms with Gasteiger partial charge in [0.25, 0.3) is 0 Å². The first-order valence-corrected chi connectivity index (χ1v) is 6.23. The van der Waals surface area contributed by atoms with E-state index in [4.69, 9.17) is 4.74 Å². The second kappa shape index (κ2) is 7.33. The summed E-state index contributed by atoms with van der Waals surface area (Å²) in [5.41, 5.74) is 1.09. The van der Waals surface area contributed by atoms with Crippen molar-refractivity contribution in [3.05, 3.63) is 58.5 Å². The van der Waals surface area contributed by atoms with Crippen LogP contribution in [0.2, 0.25) is 0 Å². The molecule has 0 aliphatic rings. The van der Waals surface area contributed by atoms with Crippen molar-refractivity contribution < 1.29 is 4.74 Å². The maximum Gasteiger partial charge on any atom is 0.248 e. The van der Waals surface area contributed by atoms with E-state index in [0.717, 1.165) is 12.2 Å². The van der Waals surface area contributed by atoms with Crippen molar-refractivity contribution in [3.8, 4) is 11.5 Å². The van der Waals surface area contributed by atoms with Gasteiger partial charge in [-0.2, -0.15) is 0 Å². The van der Waals surface area contributed by atoms with E-state index in [1.54, 1.807) is 12.3 Å². The third-order valence-electron chi connectivity index (χ3n) is 2.30. The van der Waals surface area contributed by atoms with Crippen LogP contribution in [0, 0.1) is 0 Å². The van der Waals surface area contributed by atoms with Crippen LogP contribution in [0.3, 0.4) is 0 Å². The predicted octanol–water partition coefficient (Wildman–Crippen LogP) is 3.76. The Bertz CT molecular complexity index is 512. The number of aromatic nitrogens is 1. The summed E-state index contributed by atoms with van der Waals surface area (Å²) in [6.45, 7) is 6.10. The van der Waals surface area contributed by atoms with Gasteiger partial charge in [-0.15, -0.1) is 0 Å². The zero-order valence-corrected chi connectivity index (χ0v) is 11.1. The van der Waals surface area contributed by atoms with Gasteiger partial charge in [-0.25, -0.2) is 0 Å². The summed E-state index contributed by atoms with van der Waals surface area (Å²) in [6.07, 6.45) is 2.53. The molecular weight excluding hydrogens is 226 g/mol. The van der Waals surface area contributed by atoms with Gasteiger partial charge in [-0.1, -0.05) is 32.9 Å². The predicted molar refractivity (Wildman–Crippen MR) is 74.3 cm³/mol. The van der Waals surface area contributed by atoms with Crippen LogP contribution in [0.4, 0.5) is 0 Å². The van der Waals surface area contributed by atoms with Gasteiger partial charge in [0, 0.05) is 12.3 Å². The van der Waals surface area contributed by atoms with Crippen LogP contribution in [0.25, 0.3) is 0 Å². The molecule has 2 aromatic rings. The van der Waals surface area contributed by atoms with E-state index in [1.165, 1.54) is 11.6 Å². The number of hydrogen-bond donors (Lipinski definition) is 1. The molecule has 0 aliphatic heterocycles. The summed E-state index contributed by atoms with van der Waals surface area (Å²) in [5, 5.41) is 0. The fourth-order valence-corrected chi connectivity index (χ4v) is 1.42. The van der Waals surface area contributed by atoms with Crippen molar-refractivity contribution in [3.63, 3.8) is 0 Å². The average Bonchev–Trinajstić information content (AvgIpc) is 2.44. The summed E-state index contributed by atoms with van der Waals surface area (Å²) in [4.78, 5) is 13.4. The maximum absolute atomic E-state index is 10.9. The number of pyridine rings is 1. The van der Waals surface area contributed by atoms with E-state index in [1.807, 2.05) is 32.0 Å². The van der Waals surface area contributed by atoms with Crippen LogP contribution in [0.1, 0.15) is 26.3 Å². The molecule has 0 amide bonds. The van der Waals surface area contributed by atoms with Crippen LogP contribution in [0.5, 0.6) is 11.5 Å². The van der Waals surface area contributed by atoms with Crippen molar-refractivity contribution in [2.75, 3.05) is 0 Å². The lowest BCUT2D eigenvalue weighted by Crippen LogP contribution is -2.01. The number of H-pyrrole nitrogens is 1. The zero-order chi connectivity index (χ0) is 13.4.